The molecule has 2 N–H and O–H groups in total. The minimum absolute atomic E-state index is 0.0901. The maximum atomic E-state index is 12.5. The fourth-order valence-electron chi connectivity index (χ4n) is 4.17. The summed E-state index contributed by atoms with van der Waals surface area (Å²) in [6.07, 6.45) is 6.20. The molecule has 0 aromatic carbocycles. The largest absolute Gasteiger partial charge is 0.360 e. The lowest BCUT2D eigenvalue weighted by Crippen LogP contribution is -2.40. The molecule has 0 unspecified atom stereocenters. The number of hydrogen-bond donors (Lipinski definition) is 2. The zero-order chi connectivity index (χ0) is 17.2. The van der Waals surface area contributed by atoms with Gasteiger partial charge in [-0.15, -0.1) is 0 Å². The van der Waals surface area contributed by atoms with Gasteiger partial charge < -0.3 is 20.1 Å². The van der Waals surface area contributed by atoms with E-state index in [0.717, 1.165) is 44.2 Å². The number of nitrogens with zero attached hydrogens (tertiary/aromatic N) is 2. The van der Waals surface area contributed by atoms with E-state index in [2.05, 4.69) is 27.6 Å². The van der Waals surface area contributed by atoms with Crippen molar-refractivity contribution in [3.63, 3.8) is 0 Å². The Kier molecular flexibility index (Phi) is 5.08. The summed E-state index contributed by atoms with van der Waals surface area (Å²) in [5.74, 6) is 2.61. The van der Waals surface area contributed by atoms with Gasteiger partial charge in [-0.2, -0.15) is 0 Å². The normalized spacial score (nSPS) is 28.4. The molecule has 1 aromatic heterocycles. The van der Waals surface area contributed by atoms with Crippen LogP contribution >= 0.6 is 0 Å². The number of amides is 1. The van der Waals surface area contributed by atoms with Crippen LogP contribution in [0.4, 0.5) is 0 Å². The lowest BCUT2D eigenvalue weighted by molar-refractivity contribution is 0.0922. The number of carbonyl (C=O) groups is 1. The highest BCUT2D eigenvalue weighted by Gasteiger charge is 2.33. The molecule has 0 bridgehead atoms. The minimum atomic E-state index is -0.0901. The van der Waals surface area contributed by atoms with Crippen LogP contribution < -0.4 is 10.6 Å². The highest BCUT2D eigenvalue weighted by atomic mass is 16.5. The van der Waals surface area contributed by atoms with Crippen LogP contribution in [0.15, 0.2) is 10.6 Å². The molecule has 6 heteroatoms. The molecule has 0 spiro atoms. The second-order valence-corrected chi connectivity index (χ2v) is 8.19. The van der Waals surface area contributed by atoms with Crippen molar-refractivity contribution in [2.45, 2.75) is 51.0 Å². The third-order valence-electron chi connectivity index (χ3n) is 6.06. The van der Waals surface area contributed by atoms with Crippen molar-refractivity contribution in [1.29, 1.82) is 0 Å². The van der Waals surface area contributed by atoms with Crippen LogP contribution in [-0.4, -0.2) is 54.7 Å². The smallest absolute Gasteiger partial charge is 0.273 e. The van der Waals surface area contributed by atoms with Crippen molar-refractivity contribution < 1.29 is 9.32 Å². The van der Waals surface area contributed by atoms with Crippen molar-refractivity contribution in [3.8, 4) is 0 Å². The predicted molar refractivity (Wildman–Crippen MR) is 95.5 cm³/mol. The minimum Gasteiger partial charge on any atom is -0.360 e. The van der Waals surface area contributed by atoms with Crippen molar-refractivity contribution in [2.75, 3.05) is 32.7 Å². The molecule has 3 aliphatic rings. The monoisotopic (exact) mass is 346 g/mol. The molecular weight excluding hydrogens is 316 g/mol. The van der Waals surface area contributed by atoms with E-state index in [0.29, 0.717) is 17.5 Å². The first-order valence-corrected chi connectivity index (χ1v) is 9.89. The van der Waals surface area contributed by atoms with Gasteiger partial charge in [-0.1, -0.05) is 12.1 Å². The summed E-state index contributed by atoms with van der Waals surface area (Å²) in [6, 6.07) is 2.03. The first-order valence-electron chi connectivity index (χ1n) is 9.89. The van der Waals surface area contributed by atoms with Crippen LogP contribution in [-0.2, 0) is 0 Å². The van der Waals surface area contributed by atoms with Gasteiger partial charge in [-0.05, 0) is 63.6 Å². The Morgan fingerprint density at radius 3 is 2.88 bits per heavy atom. The topological polar surface area (TPSA) is 70.4 Å². The van der Waals surface area contributed by atoms with Gasteiger partial charge in [0.1, 0.15) is 5.76 Å². The Hall–Kier alpha value is -1.40. The third-order valence-corrected chi connectivity index (χ3v) is 6.06. The van der Waals surface area contributed by atoms with Gasteiger partial charge >= 0.3 is 0 Å². The van der Waals surface area contributed by atoms with Crippen molar-refractivity contribution >= 4 is 5.91 Å². The van der Waals surface area contributed by atoms with Gasteiger partial charge in [0.05, 0.1) is 0 Å². The molecule has 1 aromatic rings. The maximum absolute atomic E-state index is 12.5. The van der Waals surface area contributed by atoms with Crippen LogP contribution in [0.2, 0.25) is 0 Å². The number of aromatic nitrogens is 1. The van der Waals surface area contributed by atoms with E-state index in [1.165, 1.54) is 32.4 Å². The summed E-state index contributed by atoms with van der Waals surface area (Å²) in [4.78, 5) is 15.0. The van der Waals surface area contributed by atoms with Gasteiger partial charge in [-0.25, -0.2) is 0 Å². The average Bonchev–Trinajstić information content (AvgIpc) is 3.25. The average molecular weight is 346 g/mol. The molecule has 25 heavy (non-hydrogen) atoms. The molecule has 3 heterocycles. The predicted octanol–water partition coefficient (Wildman–Crippen LogP) is 1.99. The van der Waals surface area contributed by atoms with Crippen LogP contribution in [0.1, 0.15) is 61.2 Å². The molecule has 0 radical (unpaired) electrons. The molecule has 2 atom stereocenters. The Bertz CT molecular complexity index is 592. The standard InChI is InChI=1S/C19H30N4O2/c1-13-11-23(9-6-14-4-7-20-8-5-14)12-17(13)21-19(24)16-10-18(25-22-16)15-2-3-15/h10,13-15,17,20H,2-9,11-12H2,1H3,(H,21,24)/t13-,17-/m1/s1. The van der Waals surface area contributed by atoms with E-state index in [-0.39, 0.29) is 11.9 Å². The number of nitrogens with one attached hydrogen (secondary N) is 2. The van der Waals surface area contributed by atoms with Crippen LogP contribution in [0.5, 0.6) is 0 Å². The highest BCUT2D eigenvalue weighted by molar-refractivity contribution is 5.92. The van der Waals surface area contributed by atoms with Gasteiger partial charge in [0.2, 0.25) is 0 Å². The molecule has 1 amide bonds. The zero-order valence-corrected chi connectivity index (χ0v) is 15.2. The summed E-state index contributed by atoms with van der Waals surface area (Å²) < 4.78 is 5.30. The first-order chi connectivity index (χ1) is 12.2. The molecule has 1 aliphatic carbocycles. The summed E-state index contributed by atoms with van der Waals surface area (Å²) in [5.41, 5.74) is 0.433. The van der Waals surface area contributed by atoms with E-state index in [4.69, 9.17) is 4.52 Å². The fraction of sp³-hybridized carbons (Fsp3) is 0.789. The Labute approximate surface area is 149 Å². The molecule has 4 rings (SSSR count). The second-order valence-electron chi connectivity index (χ2n) is 8.19. The summed E-state index contributed by atoms with van der Waals surface area (Å²) in [5, 5.41) is 10.6. The van der Waals surface area contributed by atoms with E-state index in [1.54, 1.807) is 0 Å². The van der Waals surface area contributed by atoms with Crippen molar-refractivity contribution in [1.82, 2.24) is 20.7 Å². The molecule has 3 fully saturated rings. The number of likely N-dealkylation sites (tertiary alicyclic amines) is 1. The Balaban J connectivity index is 1.25. The summed E-state index contributed by atoms with van der Waals surface area (Å²) in [7, 11) is 0. The molecule has 1 saturated carbocycles. The number of piperidine rings is 1. The van der Waals surface area contributed by atoms with Gasteiger partial charge in [-0.3, -0.25) is 4.79 Å². The molecule has 2 aliphatic heterocycles. The number of carbonyl (C=O) groups excluding carboxylic acids is 1. The molecular formula is C19H30N4O2. The lowest BCUT2D eigenvalue weighted by atomic mass is 9.94. The van der Waals surface area contributed by atoms with Crippen LogP contribution in [0, 0.1) is 11.8 Å². The van der Waals surface area contributed by atoms with Crippen LogP contribution in [0.3, 0.4) is 0 Å². The highest BCUT2D eigenvalue weighted by Crippen LogP contribution is 2.40. The van der Waals surface area contributed by atoms with Gasteiger partial charge in [0.15, 0.2) is 5.69 Å². The number of rotatable bonds is 6. The van der Waals surface area contributed by atoms with E-state index < -0.39 is 0 Å². The molecule has 2 saturated heterocycles. The van der Waals surface area contributed by atoms with Gasteiger partial charge in [0, 0.05) is 31.1 Å². The Morgan fingerprint density at radius 2 is 2.12 bits per heavy atom. The Morgan fingerprint density at radius 1 is 1.32 bits per heavy atom. The van der Waals surface area contributed by atoms with E-state index in [1.807, 2.05) is 6.07 Å². The van der Waals surface area contributed by atoms with E-state index >= 15 is 0 Å². The van der Waals surface area contributed by atoms with Crippen molar-refractivity contribution in [2.24, 2.45) is 11.8 Å². The SMILES string of the molecule is C[C@@H]1CN(CCC2CCNCC2)C[C@H]1NC(=O)c1cc(C2CC2)on1. The fourth-order valence-corrected chi connectivity index (χ4v) is 4.17. The maximum Gasteiger partial charge on any atom is 0.273 e. The van der Waals surface area contributed by atoms with Crippen molar-refractivity contribution in [3.05, 3.63) is 17.5 Å². The first kappa shape index (κ1) is 17.0. The zero-order valence-electron chi connectivity index (χ0n) is 15.2. The quantitative estimate of drug-likeness (QED) is 0.824. The lowest BCUT2D eigenvalue weighted by Gasteiger charge is -2.25. The second kappa shape index (κ2) is 7.46. The van der Waals surface area contributed by atoms with Crippen LogP contribution in [0.25, 0.3) is 0 Å². The number of hydrogen-bond acceptors (Lipinski definition) is 5. The third kappa shape index (κ3) is 4.23. The van der Waals surface area contributed by atoms with Gasteiger partial charge in [0.25, 0.3) is 5.91 Å². The summed E-state index contributed by atoms with van der Waals surface area (Å²) >= 11 is 0. The van der Waals surface area contributed by atoms with E-state index in [9.17, 15) is 4.79 Å². The molecule has 6 nitrogen and oxygen atoms in total. The summed E-state index contributed by atoms with van der Waals surface area (Å²) in [6.45, 7) is 7.74. The molecule has 138 valence electrons.